The van der Waals surface area contributed by atoms with Gasteiger partial charge in [-0.05, 0) is 44.1 Å². The van der Waals surface area contributed by atoms with Gasteiger partial charge in [-0.3, -0.25) is 9.59 Å². The summed E-state index contributed by atoms with van der Waals surface area (Å²) in [5.41, 5.74) is 1.22. The normalized spacial score (nSPS) is 24.3. The fraction of sp³-hybridized carbons (Fsp3) is 0.619. The number of aliphatic hydroxyl groups is 1. The summed E-state index contributed by atoms with van der Waals surface area (Å²) in [5, 5.41) is 12.8. The fourth-order valence-electron chi connectivity index (χ4n) is 4.13. The number of rotatable bonds is 5. The summed E-state index contributed by atoms with van der Waals surface area (Å²) >= 11 is 0. The van der Waals surface area contributed by atoms with Gasteiger partial charge in [0.05, 0.1) is 6.10 Å². The molecule has 1 saturated carbocycles. The summed E-state index contributed by atoms with van der Waals surface area (Å²) in [6.07, 6.45) is 5.21. The lowest BCUT2D eigenvalue weighted by Gasteiger charge is -2.35. The molecule has 1 aliphatic heterocycles. The van der Waals surface area contributed by atoms with E-state index in [1.54, 1.807) is 0 Å². The third-order valence-corrected chi connectivity index (χ3v) is 5.73. The third kappa shape index (κ3) is 5.07. The minimum atomic E-state index is -0.328. The van der Waals surface area contributed by atoms with Crippen molar-refractivity contribution in [3.05, 3.63) is 35.9 Å². The minimum absolute atomic E-state index is 0.00627. The molecule has 2 fully saturated rings. The summed E-state index contributed by atoms with van der Waals surface area (Å²) in [6, 6.07) is 10.1. The quantitative estimate of drug-likeness (QED) is 0.847. The molecule has 0 aromatic heterocycles. The molecule has 2 N–H and O–H groups in total. The molecule has 1 saturated heterocycles. The third-order valence-electron chi connectivity index (χ3n) is 5.73. The maximum atomic E-state index is 12.6. The highest BCUT2D eigenvalue weighted by Gasteiger charge is 2.33. The first kappa shape index (κ1) is 18.9. The molecule has 3 rings (SSSR count). The largest absolute Gasteiger partial charge is 0.393 e. The summed E-state index contributed by atoms with van der Waals surface area (Å²) in [5.74, 6) is 0.259. The van der Waals surface area contributed by atoms with Gasteiger partial charge in [0, 0.05) is 31.5 Å². The number of nitrogens with zero attached hydrogens (tertiary/aromatic N) is 1. The molecule has 5 nitrogen and oxygen atoms in total. The van der Waals surface area contributed by atoms with Crippen molar-refractivity contribution in [3.63, 3.8) is 0 Å². The van der Waals surface area contributed by atoms with E-state index in [2.05, 4.69) is 17.4 Å². The Labute approximate surface area is 155 Å². The number of aliphatic hydroxyl groups excluding tert-OH is 1. The van der Waals surface area contributed by atoms with Gasteiger partial charge < -0.3 is 15.3 Å². The zero-order valence-electron chi connectivity index (χ0n) is 15.4. The summed E-state index contributed by atoms with van der Waals surface area (Å²) in [4.78, 5) is 26.9. The van der Waals surface area contributed by atoms with Gasteiger partial charge in [-0.15, -0.1) is 0 Å². The maximum Gasteiger partial charge on any atom is 0.225 e. The molecule has 1 heterocycles. The molecule has 5 heteroatoms. The Morgan fingerprint density at radius 3 is 2.46 bits per heavy atom. The number of likely N-dealkylation sites (tertiary alicyclic amines) is 1. The first-order valence-corrected chi connectivity index (χ1v) is 9.92. The van der Waals surface area contributed by atoms with Crippen LogP contribution in [0.2, 0.25) is 0 Å². The number of benzene rings is 1. The van der Waals surface area contributed by atoms with Gasteiger partial charge in [-0.2, -0.15) is 0 Å². The van der Waals surface area contributed by atoms with Crippen molar-refractivity contribution < 1.29 is 14.7 Å². The molecule has 0 bridgehead atoms. The smallest absolute Gasteiger partial charge is 0.225 e. The predicted octanol–water partition coefficient (Wildman–Crippen LogP) is 2.13. The minimum Gasteiger partial charge on any atom is -0.393 e. The van der Waals surface area contributed by atoms with Crippen LogP contribution in [0.15, 0.2) is 30.3 Å². The number of carbonyl (C=O) groups excluding carboxylic acids is 2. The van der Waals surface area contributed by atoms with Crippen LogP contribution in [-0.2, 0) is 16.0 Å². The van der Waals surface area contributed by atoms with Crippen LogP contribution in [-0.4, -0.2) is 47.6 Å². The van der Waals surface area contributed by atoms with Crippen molar-refractivity contribution >= 4 is 11.8 Å². The number of hydrogen-bond acceptors (Lipinski definition) is 3. The van der Waals surface area contributed by atoms with Crippen LogP contribution in [0.3, 0.4) is 0 Å². The van der Waals surface area contributed by atoms with Crippen LogP contribution in [0.25, 0.3) is 0 Å². The number of nitrogens with one attached hydrogen (secondary N) is 1. The van der Waals surface area contributed by atoms with E-state index >= 15 is 0 Å². The summed E-state index contributed by atoms with van der Waals surface area (Å²) in [6.45, 7) is 1.96. The van der Waals surface area contributed by atoms with Gasteiger partial charge in [0.25, 0.3) is 0 Å². The lowest BCUT2D eigenvalue weighted by atomic mass is 9.85. The SMILES string of the molecule is O=C(NCCc1ccccc1)C1CCN(C(=O)[C@@H]2CCC[C@H](O)C2)CC1. The van der Waals surface area contributed by atoms with Crippen molar-refractivity contribution in [3.8, 4) is 0 Å². The molecule has 26 heavy (non-hydrogen) atoms. The Bertz CT molecular complexity index is 597. The van der Waals surface area contributed by atoms with Gasteiger partial charge in [-0.25, -0.2) is 0 Å². The summed E-state index contributed by atoms with van der Waals surface area (Å²) < 4.78 is 0. The van der Waals surface area contributed by atoms with Gasteiger partial charge in [-0.1, -0.05) is 36.8 Å². The zero-order chi connectivity index (χ0) is 18.4. The topological polar surface area (TPSA) is 69.6 Å². The van der Waals surface area contributed by atoms with E-state index in [0.717, 1.165) is 38.5 Å². The predicted molar refractivity (Wildman–Crippen MR) is 100 cm³/mol. The summed E-state index contributed by atoms with van der Waals surface area (Å²) in [7, 11) is 0. The maximum absolute atomic E-state index is 12.6. The number of hydrogen-bond donors (Lipinski definition) is 2. The van der Waals surface area contributed by atoms with E-state index in [1.165, 1.54) is 5.56 Å². The standard InChI is InChI=1S/C21H30N2O3/c24-19-8-4-7-18(15-19)21(26)23-13-10-17(11-14-23)20(25)22-12-9-16-5-2-1-3-6-16/h1-3,5-6,17-19,24H,4,7-15H2,(H,22,25)/t18-,19+/m1/s1. The van der Waals surface area contributed by atoms with Crippen LogP contribution in [0.5, 0.6) is 0 Å². The van der Waals surface area contributed by atoms with Crippen LogP contribution in [0.4, 0.5) is 0 Å². The Morgan fingerprint density at radius 1 is 1.04 bits per heavy atom. The highest BCUT2D eigenvalue weighted by Crippen LogP contribution is 2.28. The Kier molecular flexibility index (Phi) is 6.67. The zero-order valence-corrected chi connectivity index (χ0v) is 15.4. The second-order valence-corrected chi connectivity index (χ2v) is 7.64. The second kappa shape index (κ2) is 9.17. The van der Waals surface area contributed by atoms with Crippen molar-refractivity contribution in [1.29, 1.82) is 0 Å². The van der Waals surface area contributed by atoms with E-state index in [4.69, 9.17) is 0 Å². The molecular formula is C21H30N2O3. The van der Waals surface area contributed by atoms with Gasteiger partial charge in [0.2, 0.25) is 11.8 Å². The lowest BCUT2D eigenvalue weighted by molar-refractivity contribution is -0.141. The van der Waals surface area contributed by atoms with Crippen LogP contribution < -0.4 is 5.32 Å². The van der Waals surface area contributed by atoms with Gasteiger partial charge in [0.15, 0.2) is 0 Å². The molecule has 0 unspecified atom stereocenters. The Hall–Kier alpha value is -1.88. The number of piperidine rings is 1. The fourth-order valence-corrected chi connectivity index (χ4v) is 4.13. The first-order valence-electron chi connectivity index (χ1n) is 9.92. The number of amides is 2. The van der Waals surface area contributed by atoms with E-state index in [0.29, 0.717) is 26.1 Å². The second-order valence-electron chi connectivity index (χ2n) is 7.64. The molecule has 0 radical (unpaired) electrons. The van der Waals surface area contributed by atoms with E-state index in [-0.39, 0.29) is 29.8 Å². The average Bonchev–Trinajstić information content (AvgIpc) is 2.68. The van der Waals surface area contributed by atoms with E-state index < -0.39 is 0 Å². The Morgan fingerprint density at radius 2 is 1.77 bits per heavy atom. The molecule has 0 spiro atoms. The Balaban J connectivity index is 1.38. The van der Waals surface area contributed by atoms with Crippen LogP contribution in [0, 0.1) is 11.8 Å². The highest BCUT2D eigenvalue weighted by atomic mass is 16.3. The highest BCUT2D eigenvalue weighted by molar-refractivity contribution is 5.81. The van der Waals surface area contributed by atoms with Crippen molar-refractivity contribution in [2.75, 3.05) is 19.6 Å². The average molecular weight is 358 g/mol. The van der Waals surface area contributed by atoms with Crippen molar-refractivity contribution in [2.45, 2.75) is 51.0 Å². The molecule has 142 valence electrons. The van der Waals surface area contributed by atoms with E-state index in [1.807, 2.05) is 23.1 Å². The molecule has 1 aromatic carbocycles. The van der Waals surface area contributed by atoms with Gasteiger partial charge in [0.1, 0.15) is 0 Å². The molecule has 2 atom stereocenters. The molecule has 1 aromatic rings. The molecule has 1 aliphatic carbocycles. The first-order chi connectivity index (χ1) is 12.6. The van der Waals surface area contributed by atoms with Crippen molar-refractivity contribution in [1.82, 2.24) is 10.2 Å². The van der Waals surface area contributed by atoms with Crippen LogP contribution in [0.1, 0.15) is 44.1 Å². The van der Waals surface area contributed by atoms with E-state index in [9.17, 15) is 14.7 Å². The van der Waals surface area contributed by atoms with Crippen molar-refractivity contribution in [2.24, 2.45) is 11.8 Å². The van der Waals surface area contributed by atoms with Crippen LogP contribution >= 0.6 is 0 Å². The molecule has 2 amide bonds. The lowest BCUT2D eigenvalue weighted by Crippen LogP contribution is -2.46. The number of carbonyl (C=O) groups is 2. The molecular weight excluding hydrogens is 328 g/mol. The van der Waals surface area contributed by atoms with Gasteiger partial charge >= 0.3 is 0 Å². The monoisotopic (exact) mass is 358 g/mol. The molecule has 2 aliphatic rings.